The largest absolute Gasteiger partial charge is 0.342 e. The van der Waals surface area contributed by atoms with Gasteiger partial charge in [0.2, 0.25) is 5.91 Å². The lowest BCUT2D eigenvalue weighted by atomic mass is 9.87. The van der Waals surface area contributed by atoms with E-state index in [9.17, 15) is 18.8 Å². The Balaban J connectivity index is 1.55. The van der Waals surface area contributed by atoms with Crippen LogP contribution in [0.5, 0.6) is 0 Å². The second kappa shape index (κ2) is 6.22. The summed E-state index contributed by atoms with van der Waals surface area (Å²) >= 11 is 0. The van der Waals surface area contributed by atoms with Crippen molar-refractivity contribution in [3.63, 3.8) is 0 Å². The third kappa shape index (κ3) is 2.86. The Bertz CT molecular complexity index is 683. The Morgan fingerprint density at radius 1 is 1.25 bits per heavy atom. The lowest BCUT2D eigenvalue weighted by molar-refractivity contribution is -0.138. The number of amides is 4. The van der Waals surface area contributed by atoms with Gasteiger partial charge in [-0.25, -0.2) is 9.18 Å². The van der Waals surface area contributed by atoms with Gasteiger partial charge < -0.3 is 10.2 Å². The highest BCUT2D eigenvalue weighted by molar-refractivity contribution is 6.06. The van der Waals surface area contributed by atoms with E-state index >= 15 is 0 Å². The van der Waals surface area contributed by atoms with Crippen LogP contribution in [-0.2, 0) is 16.0 Å². The number of nitrogens with zero attached hydrogens (tertiary/aromatic N) is 2. The molecular formula is C17H20FN3O3. The van der Waals surface area contributed by atoms with Crippen molar-refractivity contribution < 1.29 is 18.8 Å². The van der Waals surface area contributed by atoms with Gasteiger partial charge in [-0.15, -0.1) is 0 Å². The predicted octanol–water partition coefficient (Wildman–Crippen LogP) is 1.30. The molecule has 1 aromatic carbocycles. The number of urea groups is 1. The molecule has 2 aliphatic rings. The van der Waals surface area contributed by atoms with E-state index in [0.717, 1.165) is 4.90 Å². The number of benzene rings is 1. The SMILES string of the molecule is CN1C(=O)NC2(CCN(C(=O)CCc3ccccc3F)CC2)C1=O. The quantitative estimate of drug-likeness (QED) is 0.848. The van der Waals surface area contributed by atoms with Gasteiger partial charge in [-0.05, 0) is 30.9 Å². The number of likely N-dealkylation sites (N-methyl/N-ethyl adjacent to an activating group) is 1. The Morgan fingerprint density at radius 2 is 1.92 bits per heavy atom. The number of likely N-dealkylation sites (tertiary alicyclic amines) is 1. The Kier molecular flexibility index (Phi) is 4.26. The first kappa shape index (κ1) is 16.4. The molecule has 2 heterocycles. The number of nitrogens with one attached hydrogen (secondary N) is 1. The molecule has 0 aromatic heterocycles. The molecule has 128 valence electrons. The molecule has 1 aromatic rings. The molecule has 7 heteroatoms. The first-order valence-electron chi connectivity index (χ1n) is 8.04. The second-order valence-corrected chi connectivity index (χ2v) is 6.35. The van der Waals surface area contributed by atoms with Crippen molar-refractivity contribution in [2.75, 3.05) is 20.1 Å². The zero-order chi connectivity index (χ0) is 17.3. The van der Waals surface area contributed by atoms with Gasteiger partial charge in [0.1, 0.15) is 11.4 Å². The van der Waals surface area contributed by atoms with E-state index in [4.69, 9.17) is 0 Å². The van der Waals surface area contributed by atoms with E-state index in [0.29, 0.717) is 37.9 Å². The van der Waals surface area contributed by atoms with Crippen LogP contribution in [0.2, 0.25) is 0 Å². The average Bonchev–Trinajstić information content (AvgIpc) is 2.79. The van der Waals surface area contributed by atoms with Crippen LogP contribution >= 0.6 is 0 Å². The molecule has 2 fully saturated rings. The molecule has 6 nitrogen and oxygen atoms in total. The molecule has 3 rings (SSSR count). The topological polar surface area (TPSA) is 69.7 Å². The van der Waals surface area contributed by atoms with E-state index in [2.05, 4.69) is 5.32 Å². The summed E-state index contributed by atoms with van der Waals surface area (Å²) in [5.41, 5.74) is -0.340. The van der Waals surface area contributed by atoms with Gasteiger partial charge in [0.15, 0.2) is 0 Å². The van der Waals surface area contributed by atoms with Crippen molar-refractivity contribution in [3.05, 3.63) is 35.6 Å². The standard InChI is InChI=1S/C17H20FN3O3/c1-20-15(23)17(19-16(20)24)8-10-21(11-9-17)14(22)7-6-12-4-2-3-5-13(12)18/h2-5H,6-11H2,1H3,(H,19,24). The van der Waals surface area contributed by atoms with Gasteiger partial charge >= 0.3 is 6.03 Å². The number of carbonyl (C=O) groups is 3. The maximum absolute atomic E-state index is 13.6. The number of halogens is 1. The molecular weight excluding hydrogens is 313 g/mol. The van der Waals surface area contributed by atoms with Crippen LogP contribution in [-0.4, -0.2) is 53.3 Å². The molecule has 0 atom stereocenters. The van der Waals surface area contributed by atoms with E-state index in [1.807, 2.05) is 0 Å². The molecule has 2 aliphatic heterocycles. The summed E-state index contributed by atoms with van der Waals surface area (Å²) in [6, 6.07) is 6.04. The molecule has 1 spiro atoms. The Labute approximate surface area is 139 Å². The molecule has 0 saturated carbocycles. The van der Waals surface area contributed by atoms with Crippen molar-refractivity contribution in [2.45, 2.75) is 31.2 Å². The number of piperidine rings is 1. The van der Waals surface area contributed by atoms with E-state index in [1.165, 1.54) is 13.1 Å². The van der Waals surface area contributed by atoms with Gasteiger partial charge in [-0.1, -0.05) is 18.2 Å². The highest BCUT2D eigenvalue weighted by Gasteiger charge is 2.51. The van der Waals surface area contributed by atoms with Crippen LogP contribution in [0.15, 0.2) is 24.3 Å². The normalized spacial score (nSPS) is 19.8. The van der Waals surface area contributed by atoms with Crippen LogP contribution in [0.3, 0.4) is 0 Å². The summed E-state index contributed by atoms with van der Waals surface area (Å²) in [5, 5.41) is 2.74. The number of hydrogen-bond donors (Lipinski definition) is 1. The molecule has 0 unspecified atom stereocenters. The maximum atomic E-state index is 13.6. The first-order valence-corrected chi connectivity index (χ1v) is 8.04. The van der Waals surface area contributed by atoms with Crippen LogP contribution in [0, 0.1) is 5.82 Å². The molecule has 2 saturated heterocycles. The first-order chi connectivity index (χ1) is 11.4. The van der Waals surface area contributed by atoms with Gasteiger partial charge in [0.05, 0.1) is 0 Å². The Hall–Kier alpha value is -2.44. The van der Waals surface area contributed by atoms with Crippen molar-refractivity contribution in [1.29, 1.82) is 0 Å². The summed E-state index contributed by atoms with van der Waals surface area (Å²) in [6.07, 6.45) is 1.40. The van der Waals surface area contributed by atoms with Gasteiger partial charge in [-0.3, -0.25) is 14.5 Å². The fraction of sp³-hybridized carbons (Fsp3) is 0.471. The summed E-state index contributed by atoms with van der Waals surface area (Å²) in [6.45, 7) is 0.825. The lowest BCUT2D eigenvalue weighted by Crippen LogP contribution is -2.55. The smallest absolute Gasteiger partial charge is 0.324 e. The number of aryl methyl sites for hydroxylation is 1. The monoisotopic (exact) mass is 333 g/mol. The molecule has 0 bridgehead atoms. The van der Waals surface area contributed by atoms with Crippen LogP contribution in [0.1, 0.15) is 24.8 Å². The molecule has 24 heavy (non-hydrogen) atoms. The van der Waals surface area contributed by atoms with Crippen molar-refractivity contribution >= 4 is 17.8 Å². The molecule has 0 radical (unpaired) electrons. The summed E-state index contributed by atoms with van der Waals surface area (Å²) in [4.78, 5) is 39.0. The Morgan fingerprint density at radius 3 is 2.50 bits per heavy atom. The third-order valence-corrected chi connectivity index (χ3v) is 4.90. The van der Waals surface area contributed by atoms with Crippen LogP contribution in [0.4, 0.5) is 9.18 Å². The summed E-state index contributed by atoms with van der Waals surface area (Å²) in [7, 11) is 1.46. The minimum absolute atomic E-state index is 0.0572. The number of carbonyl (C=O) groups excluding carboxylic acids is 3. The van der Waals surface area contributed by atoms with Gasteiger partial charge in [0, 0.05) is 26.6 Å². The van der Waals surface area contributed by atoms with Crippen molar-refractivity contribution in [2.24, 2.45) is 0 Å². The number of hydrogen-bond acceptors (Lipinski definition) is 3. The average molecular weight is 333 g/mol. The minimum Gasteiger partial charge on any atom is -0.342 e. The van der Waals surface area contributed by atoms with E-state index in [1.54, 1.807) is 23.1 Å². The number of rotatable bonds is 3. The van der Waals surface area contributed by atoms with Gasteiger partial charge in [0.25, 0.3) is 5.91 Å². The minimum atomic E-state index is -0.867. The molecule has 0 aliphatic carbocycles. The zero-order valence-corrected chi connectivity index (χ0v) is 13.5. The maximum Gasteiger partial charge on any atom is 0.324 e. The summed E-state index contributed by atoms with van der Waals surface area (Å²) in [5.74, 6) is -0.589. The third-order valence-electron chi connectivity index (χ3n) is 4.90. The van der Waals surface area contributed by atoms with E-state index < -0.39 is 5.54 Å². The predicted molar refractivity (Wildman–Crippen MR) is 84.6 cm³/mol. The molecule has 1 N–H and O–H groups in total. The van der Waals surface area contributed by atoms with E-state index in [-0.39, 0.29) is 30.1 Å². The van der Waals surface area contributed by atoms with Gasteiger partial charge in [-0.2, -0.15) is 0 Å². The van der Waals surface area contributed by atoms with Crippen molar-refractivity contribution in [3.8, 4) is 0 Å². The number of imide groups is 1. The van der Waals surface area contributed by atoms with Crippen LogP contribution < -0.4 is 5.32 Å². The van der Waals surface area contributed by atoms with Crippen molar-refractivity contribution in [1.82, 2.24) is 15.1 Å². The highest BCUT2D eigenvalue weighted by Crippen LogP contribution is 2.29. The highest BCUT2D eigenvalue weighted by atomic mass is 19.1. The van der Waals surface area contributed by atoms with Crippen LogP contribution in [0.25, 0.3) is 0 Å². The fourth-order valence-corrected chi connectivity index (χ4v) is 3.33. The zero-order valence-electron chi connectivity index (χ0n) is 13.5. The molecule has 4 amide bonds. The second-order valence-electron chi connectivity index (χ2n) is 6.35. The lowest BCUT2D eigenvalue weighted by Gasteiger charge is -2.37. The fourth-order valence-electron chi connectivity index (χ4n) is 3.33. The summed E-state index contributed by atoms with van der Waals surface area (Å²) < 4.78 is 13.6.